The highest BCUT2D eigenvalue weighted by atomic mass is 35.5. The predicted molar refractivity (Wildman–Crippen MR) is 132 cm³/mol. The lowest BCUT2D eigenvalue weighted by atomic mass is 10.1. The lowest BCUT2D eigenvalue weighted by Gasteiger charge is -2.13. The fourth-order valence-electron chi connectivity index (χ4n) is 2.80. The van der Waals surface area contributed by atoms with Crippen molar-refractivity contribution in [2.75, 3.05) is 12.4 Å². The second kappa shape index (κ2) is 11.3. The van der Waals surface area contributed by atoms with Gasteiger partial charge >= 0.3 is 0 Å². The summed E-state index contributed by atoms with van der Waals surface area (Å²) >= 11 is 24.3. The summed E-state index contributed by atoms with van der Waals surface area (Å²) in [6.45, 7) is 0.102. The van der Waals surface area contributed by atoms with Gasteiger partial charge in [0, 0.05) is 21.3 Å². The smallest absolute Gasteiger partial charge is 0.266 e. The molecule has 0 atom stereocenters. The van der Waals surface area contributed by atoms with Crippen molar-refractivity contribution in [2.24, 2.45) is 0 Å². The maximum atomic E-state index is 12.6. The first-order chi connectivity index (χ1) is 15.8. The van der Waals surface area contributed by atoms with E-state index in [0.717, 1.165) is 0 Å². The highest BCUT2D eigenvalue weighted by Gasteiger charge is 2.13. The zero-order valence-corrected chi connectivity index (χ0v) is 20.2. The van der Waals surface area contributed by atoms with Crippen molar-refractivity contribution in [3.8, 4) is 17.6 Å². The number of ether oxygens (including phenoxy) is 2. The Morgan fingerprint density at radius 2 is 1.70 bits per heavy atom. The molecule has 1 amide bonds. The zero-order valence-electron chi connectivity index (χ0n) is 17.2. The normalized spacial score (nSPS) is 11.0. The van der Waals surface area contributed by atoms with Gasteiger partial charge in [-0.2, -0.15) is 5.26 Å². The Morgan fingerprint density at radius 1 is 0.970 bits per heavy atom. The van der Waals surface area contributed by atoms with E-state index in [-0.39, 0.29) is 17.2 Å². The third kappa shape index (κ3) is 6.34. The first-order valence-electron chi connectivity index (χ1n) is 9.44. The van der Waals surface area contributed by atoms with Crippen LogP contribution in [0, 0.1) is 11.3 Å². The van der Waals surface area contributed by atoms with Crippen LogP contribution in [-0.2, 0) is 11.4 Å². The van der Waals surface area contributed by atoms with E-state index in [1.807, 2.05) is 6.07 Å². The second-order valence-electron chi connectivity index (χ2n) is 6.65. The summed E-state index contributed by atoms with van der Waals surface area (Å²) in [5.41, 5.74) is 1.47. The van der Waals surface area contributed by atoms with Crippen molar-refractivity contribution in [1.29, 1.82) is 5.26 Å². The number of nitrogens with one attached hydrogen (secondary N) is 1. The molecule has 0 aromatic heterocycles. The number of amides is 1. The Hall–Kier alpha value is -2.88. The third-order valence-electron chi connectivity index (χ3n) is 4.47. The lowest BCUT2D eigenvalue weighted by Crippen LogP contribution is -2.13. The molecule has 33 heavy (non-hydrogen) atoms. The number of hydrogen-bond acceptors (Lipinski definition) is 4. The van der Waals surface area contributed by atoms with Gasteiger partial charge in [-0.3, -0.25) is 4.79 Å². The summed E-state index contributed by atoms with van der Waals surface area (Å²) in [5, 5.41) is 13.7. The van der Waals surface area contributed by atoms with Gasteiger partial charge in [-0.05, 0) is 54.1 Å². The molecule has 0 spiro atoms. The molecule has 3 aromatic carbocycles. The summed E-state index contributed by atoms with van der Waals surface area (Å²) in [6.07, 6.45) is 1.43. The fraction of sp³-hybridized carbons (Fsp3) is 0.0833. The summed E-state index contributed by atoms with van der Waals surface area (Å²) in [7, 11) is 1.51. The highest BCUT2D eigenvalue weighted by molar-refractivity contribution is 6.42. The molecule has 0 saturated carbocycles. The molecule has 3 aromatic rings. The van der Waals surface area contributed by atoms with Crippen molar-refractivity contribution in [1.82, 2.24) is 0 Å². The van der Waals surface area contributed by atoms with E-state index in [9.17, 15) is 10.1 Å². The Morgan fingerprint density at radius 3 is 2.33 bits per heavy atom. The first-order valence-corrected chi connectivity index (χ1v) is 11.0. The Kier molecular flexibility index (Phi) is 8.49. The van der Waals surface area contributed by atoms with Crippen molar-refractivity contribution in [3.05, 3.63) is 91.4 Å². The number of rotatable bonds is 7. The van der Waals surface area contributed by atoms with Gasteiger partial charge in [0.15, 0.2) is 11.5 Å². The molecule has 0 unspecified atom stereocenters. The number of carbonyl (C=O) groups excluding carboxylic acids is 1. The van der Waals surface area contributed by atoms with Gasteiger partial charge in [0.1, 0.15) is 18.2 Å². The van der Waals surface area contributed by atoms with Crippen LogP contribution in [0.5, 0.6) is 11.5 Å². The van der Waals surface area contributed by atoms with Crippen molar-refractivity contribution < 1.29 is 14.3 Å². The van der Waals surface area contributed by atoms with E-state index in [2.05, 4.69) is 5.32 Å². The minimum absolute atomic E-state index is 0.102. The maximum Gasteiger partial charge on any atom is 0.266 e. The van der Waals surface area contributed by atoms with Gasteiger partial charge in [0.2, 0.25) is 0 Å². The quantitative estimate of drug-likeness (QED) is 0.259. The largest absolute Gasteiger partial charge is 0.493 e. The molecule has 168 valence electrons. The van der Waals surface area contributed by atoms with Gasteiger partial charge in [-0.25, -0.2) is 0 Å². The molecule has 9 heteroatoms. The SMILES string of the molecule is COc1ccc(/C=C(\C#N)C(=O)Nc2ccc(Cl)c(Cl)c2)cc1OCc1c(Cl)cccc1Cl. The Bertz CT molecular complexity index is 1250. The monoisotopic (exact) mass is 520 g/mol. The summed E-state index contributed by atoms with van der Waals surface area (Å²) in [4.78, 5) is 12.6. The van der Waals surface area contributed by atoms with Crippen LogP contribution in [0.2, 0.25) is 20.1 Å². The Balaban J connectivity index is 1.83. The van der Waals surface area contributed by atoms with Gasteiger partial charge in [-0.15, -0.1) is 0 Å². The number of carbonyl (C=O) groups is 1. The van der Waals surface area contributed by atoms with E-state index in [0.29, 0.717) is 43.4 Å². The molecule has 0 bridgehead atoms. The van der Waals surface area contributed by atoms with Crippen molar-refractivity contribution in [3.63, 3.8) is 0 Å². The molecule has 0 fully saturated rings. The van der Waals surface area contributed by atoms with Crippen molar-refractivity contribution in [2.45, 2.75) is 6.61 Å². The molecule has 0 saturated heterocycles. The molecule has 0 heterocycles. The van der Waals surface area contributed by atoms with Crippen molar-refractivity contribution >= 4 is 64.1 Å². The molecule has 1 N–H and O–H groups in total. The maximum absolute atomic E-state index is 12.6. The van der Waals surface area contributed by atoms with E-state index >= 15 is 0 Å². The van der Waals surface area contributed by atoms with Crippen LogP contribution in [-0.4, -0.2) is 13.0 Å². The molecule has 0 aliphatic rings. The number of halogens is 4. The van der Waals surface area contributed by atoms with Gasteiger partial charge in [0.25, 0.3) is 5.91 Å². The molecule has 3 rings (SSSR count). The van der Waals surface area contributed by atoms with E-state index in [1.54, 1.807) is 48.5 Å². The van der Waals surface area contributed by atoms with E-state index < -0.39 is 5.91 Å². The number of nitriles is 1. The van der Waals surface area contributed by atoms with Crippen LogP contribution >= 0.6 is 46.4 Å². The number of nitrogens with zero attached hydrogens (tertiary/aromatic N) is 1. The molecular formula is C24H16Cl4N2O3. The van der Waals surface area contributed by atoms with Crippen LogP contribution < -0.4 is 14.8 Å². The minimum Gasteiger partial charge on any atom is -0.493 e. The molecule has 0 aliphatic heterocycles. The first kappa shape index (κ1) is 24.8. The minimum atomic E-state index is -0.600. The molecule has 5 nitrogen and oxygen atoms in total. The summed E-state index contributed by atoms with van der Waals surface area (Å²) in [6, 6.07) is 16.7. The third-order valence-corrected chi connectivity index (χ3v) is 5.92. The highest BCUT2D eigenvalue weighted by Crippen LogP contribution is 2.32. The molecule has 0 aliphatic carbocycles. The standard InChI is InChI=1S/C24H16Cl4N2O3/c1-32-22-8-5-14(10-23(22)33-13-17-18(25)3-2-4-19(17)26)9-15(12-29)24(31)30-16-6-7-20(27)21(28)11-16/h2-11H,13H2,1H3,(H,30,31)/b15-9+. The summed E-state index contributed by atoms with van der Waals surface area (Å²) < 4.78 is 11.2. The lowest BCUT2D eigenvalue weighted by molar-refractivity contribution is -0.112. The predicted octanol–water partition coefficient (Wildman–Crippen LogP) is 7.43. The molecule has 0 radical (unpaired) electrons. The number of anilines is 1. The van der Waals surface area contributed by atoms with E-state index in [4.69, 9.17) is 55.9 Å². The van der Waals surface area contributed by atoms with Crippen LogP contribution in [0.25, 0.3) is 6.08 Å². The van der Waals surface area contributed by atoms with Crippen LogP contribution in [0.15, 0.2) is 60.2 Å². The average molecular weight is 522 g/mol. The van der Waals surface area contributed by atoms with Gasteiger partial charge < -0.3 is 14.8 Å². The summed E-state index contributed by atoms with van der Waals surface area (Å²) in [5.74, 6) is 0.260. The van der Waals surface area contributed by atoms with Crippen LogP contribution in [0.4, 0.5) is 5.69 Å². The van der Waals surface area contributed by atoms with Gasteiger partial charge in [-0.1, -0.05) is 58.5 Å². The average Bonchev–Trinajstić information content (AvgIpc) is 2.79. The number of methoxy groups -OCH3 is 1. The number of hydrogen-bond donors (Lipinski definition) is 1. The number of benzene rings is 3. The fourth-order valence-corrected chi connectivity index (χ4v) is 3.61. The molecular weight excluding hydrogens is 506 g/mol. The van der Waals surface area contributed by atoms with Crippen LogP contribution in [0.1, 0.15) is 11.1 Å². The Labute approximate surface area is 211 Å². The second-order valence-corrected chi connectivity index (χ2v) is 8.28. The topological polar surface area (TPSA) is 71.3 Å². The zero-order chi connectivity index (χ0) is 24.0. The van der Waals surface area contributed by atoms with Gasteiger partial charge in [0.05, 0.1) is 17.2 Å². The van der Waals surface area contributed by atoms with Crippen LogP contribution in [0.3, 0.4) is 0 Å². The van der Waals surface area contributed by atoms with E-state index in [1.165, 1.54) is 19.3 Å².